The Balaban J connectivity index is 0.00000312. The van der Waals surface area contributed by atoms with Crippen molar-refractivity contribution in [2.45, 2.75) is 31.4 Å². The molecule has 26 heavy (non-hydrogen) atoms. The van der Waals surface area contributed by atoms with Gasteiger partial charge in [0.25, 0.3) is 5.91 Å². The minimum absolute atomic E-state index is 0. The first-order valence-electron chi connectivity index (χ1n) is 7.90. The first-order chi connectivity index (χ1) is 11.3. The summed E-state index contributed by atoms with van der Waals surface area (Å²) >= 11 is 3.40. The molecule has 0 fully saturated rings. The summed E-state index contributed by atoms with van der Waals surface area (Å²) in [6.45, 7) is 7.34. The molecule has 0 aliphatic heterocycles. The second-order valence-corrected chi connectivity index (χ2v) is 8.81. The van der Waals surface area contributed by atoms with Crippen molar-refractivity contribution in [3.63, 3.8) is 0 Å². The molecule has 0 atom stereocenters. The Morgan fingerprint density at radius 1 is 1.27 bits per heavy atom. The molecule has 2 N–H and O–H groups in total. The number of aromatic nitrogens is 1. The fourth-order valence-electron chi connectivity index (χ4n) is 2.32. The number of aryl methyl sites for hydroxylation is 1. The summed E-state index contributed by atoms with van der Waals surface area (Å²) in [7, 11) is 1.83. The maximum atomic E-state index is 12.5. The van der Waals surface area contributed by atoms with Crippen molar-refractivity contribution in [3.8, 4) is 0 Å². The lowest BCUT2D eigenvalue weighted by atomic mass is 9.93. The van der Waals surface area contributed by atoms with Gasteiger partial charge in [-0.05, 0) is 43.1 Å². The van der Waals surface area contributed by atoms with Crippen molar-refractivity contribution in [3.05, 3.63) is 45.9 Å². The van der Waals surface area contributed by atoms with Crippen LogP contribution < -0.4 is 5.73 Å². The molecule has 0 bridgehead atoms. The first kappa shape index (κ1) is 25.2. The highest BCUT2D eigenvalue weighted by molar-refractivity contribution is 7.98. The molecule has 0 unspecified atom stereocenters. The molecule has 0 radical (unpaired) electrons. The Morgan fingerprint density at radius 2 is 1.88 bits per heavy atom. The van der Waals surface area contributed by atoms with E-state index in [0.717, 1.165) is 21.3 Å². The van der Waals surface area contributed by atoms with Crippen LogP contribution in [0.25, 0.3) is 0 Å². The van der Waals surface area contributed by atoms with Crippen LogP contribution in [0.3, 0.4) is 0 Å². The van der Waals surface area contributed by atoms with Crippen molar-refractivity contribution in [2.75, 3.05) is 20.1 Å². The summed E-state index contributed by atoms with van der Waals surface area (Å²) in [5.41, 5.74) is 7.48. The zero-order chi connectivity index (χ0) is 17.7. The van der Waals surface area contributed by atoms with E-state index in [1.807, 2.05) is 38.2 Å². The lowest BCUT2D eigenvalue weighted by Gasteiger charge is -2.29. The Bertz CT molecular complexity index is 690. The molecule has 8 heteroatoms. The summed E-state index contributed by atoms with van der Waals surface area (Å²) < 4.78 is 0. The second-order valence-electron chi connectivity index (χ2n) is 6.70. The predicted molar refractivity (Wildman–Crippen MR) is 117 cm³/mol. The van der Waals surface area contributed by atoms with E-state index >= 15 is 0 Å². The van der Waals surface area contributed by atoms with Crippen LogP contribution in [0.4, 0.5) is 0 Å². The highest BCUT2D eigenvalue weighted by atomic mass is 35.5. The number of carbonyl (C=O) groups is 1. The molecule has 0 aliphatic carbocycles. The molecular weight excluding hydrogens is 409 g/mol. The van der Waals surface area contributed by atoms with E-state index in [1.165, 1.54) is 0 Å². The van der Waals surface area contributed by atoms with Gasteiger partial charge in [-0.3, -0.25) is 4.79 Å². The number of rotatable bonds is 7. The zero-order valence-electron chi connectivity index (χ0n) is 15.5. The molecule has 1 aromatic heterocycles. The van der Waals surface area contributed by atoms with Crippen LogP contribution in [-0.2, 0) is 5.75 Å². The number of thioether (sulfide) groups is 1. The van der Waals surface area contributed by atoms with Crippen LogP contribution in [0.15, 0.2) is 34.5 Å². The van der Waals surface area contributed by atoms with E-state index < -0.39 is 0 Å². The number of hydrogen-bond donors (Lipinski definition) is 1. The van der Waals surface area contributed by atoms with Gasteiger partial charge < -0.3 is 10.6 Å². The molecule has 2 aromatic rings. The number of nitrogens with zero attached hydrogens (tertiary/aromatic N) is 2. The van der Waals surface area contributed by atoms with Crippen LogP contribution in [0.5, 0.6) is 0 Å². The summed E-state index contributed by atoms with van der Waals surface area (Å²) in [5.74, 6) is 0.880. The average Bonchev–Trinajstić information content (AvgIpc) is 2.98. The van der Waals surface area contributed by atoms with Crippen molar-refractivity contribution in [2.24, 2.45) is 11.1 Å². The Labute approximate surface area is 176 Å². The van der Waals surface area contributed by atoms with E-state index in [4.69, 9.17) is 5.73 Å². The van der Waals surface area contributed by atoms with Crippen LogP contribution in [0.2, 0.25) is 0 Å². The molecule has 1 aromatic carbocycles. The topological polar surface area (TPSA) is 59.2 Å². The van der Waals surface area contributed by atoms with Gasteiger partial charge >= 0.3 is 0 Å². The summed E-state index contributed by atoms with van der Waals surface area (Å²) in [5, 5.41) is 3.18. The standard InChI is InChI=1S/C18H25N3OS2.2ClH/c1-13-20-15(9-23-13)10-24-16-7-5-14(6-8-16)17(22)21(4)12-18(2,3)11-19;;/h5-9H,10-12,19H2,1-4H3;2*1H. The molecule has 0 saturated heterocycles. The summed E-state index contributed by atoms with van der Waals surface area (Å²) in [6.07, 6.45) is 0. The number of benzene rings is 1. The molecule has 1 amide bonds. The molecule has 0 aliphatic rings. The molecular formula is C18H27Cl2N3OS2. The van der Waals surface area contributed by atoms with Crippen LogP contribution >= 0.6 is 47.9 Å². The molecule has 4 nitrogen and oxygen atoms in total. The van der Waals surface area contributed by atoms with E-state index in [0.29, 0.717) is 18.7 Å². The van der Waals surface area contributed by atoms with Crippen LogP contribution in [0.1, 0.15) is 34.9 Å². The fraction of sp³-hybridized carbons (Fsp3) is 0.444. The zero-order valence-corrected chi connectivity index (χ0v) is 18.8. The number of nitrogens with two attached hydrogens (primary N) is 1. The highest BCUT2D eigenvalue weighted by Gasteiger charge is 2.21. The number of thiazole rings is 1. The third-order valence-electron chi connectivity index (χ3n) is 3.72. The van der Waals surface area contributed by atoms with Gasteiger partial charge in [0.1, 0.15) is 0 Å². The number of hydrogen-bond acceptors (Lipinski definition) is 5. The average molecular weight is 436 g/mol. The number of carbonyl (C=O) groups excluding carboxylic acids is 1. The first-order valence-corrected chi connectivity index (χ1v) is 9.77. The molecule has 146 valence electrons. The normalized spacial score (nSPS) is 10.7. The van der Waals surface area contributed by atoms with Crippen molar-refractivity contribution in [1.82, 2.24) is 9.88 Å². The Hall–Kier alpha value is -0.790. The van der Waals surface area contributed by atoms with E-state index in [1.54, 1.807) is 28.0 Å². The summed E-state index contributed by atoms with van der Waals surface area (Å²) in [6, 6.07) is 7.78. The lowest BCUT2D eigenvalue weighted by Crippen LogP contribution is -2.39. The summed E-state index contributed by atoms with van der Waals surface area (Å²) in [4.78, 5) is 19.8. The van der Waals surface area contributed by atoms with Crippen molar-refractivity contribution in [1.29, 1.82) is 0 Å². The lowest BCUT2D eigenvalue weighted by molar-refractivity contribution is 0.0740. The maximum absolute atomic E-state index is 12.5. The molecule has 1 heterocycles. The van der Waals surface area contributed by atoms with Gasteiger partial charge in [-0.2, -0.15) is 0 Å². The Kier molecular flexibility index (Phi) is 10.8. The number of halogens is 2. The monoisotopic (exact) mass is 435 g/mol. The SMILES string of the molecule is Cc1nc(CSc2ccc(C(=O)N(C)CC(C)(C)CN)cc2)cs1.Cl.Cl. The van der Waals surface area contributed by atoms with Gasteiger partial charge in [-0.25, -0.2) is 4.98 Å². The highest BCUT2D eigenvalue weighted by Crippen LogP contribution is 2.24. The quantitative estimate of drug-likeness (QED) is 0.643. The van der Waals surface area contributed by atoms with Gasteiger partial charge in [-0.15, -0.1) is 47.9 Å². The second kappa shape index (κ2) is 11.1. The number of amides is 1. The minimum Gasteiger partial charge on any atom is -0.341 e. The molecule has 0 spiro atoms. The largest absolute Gasteiger partial charge is 0.341 e. The minimum atomic E-state index is -0.0775. The van der Waals surface area contributed by atoms with Crippen molar-refractivity contribution < 1.29 is 4.79 Å². The van der Waals surface area contributed by atoms with Crippen LogP contribution in [0, 0.1) is 12.3 Å². The van der Waals surface area contributed by atoms with Gasteiger partial charge in [0, 0.05) is 35.2 Å². The predicted octanol–water partition coefficient (Wildman–Crippen LogP) is 4.64. The van der Waals surface area contributed by atoms with Gasteiger partial charge in [0.15, 0.2) is 0 Å². The van der Waals surface area contributed by atoms with Gasteiger partial charge in [0.2, 0.25) is 0 Å². The molecule has 0 saturated carbocycles. The fourth-order valence-corrected chi connectivity index (χ4v) is 3.83. The molecule has 2 rings (SSSR count). The van der Waals surface area contributed by atoms with Gasteiger partial charge in [0.05, 0.1) is 10.7 Å². The smallest absolute Gasteiger partial charge is 0.253 e. The third kappa shape index (κ3) is 7.45. The van der Waals surface area contributed by atoms with Crippen molar-refractivity contribution >= 4 is 53.8 Å². The van der Waals surface area contributed by atoms with Crippen LogP contribution in [-0.4, -0.2) is 35.9 Å². The third-order valence-corrected chi connectivity index (χ3v) is 5.59. The van der Waals surface area contributed by atoms with E-state index in [-0.39, 0.29) is 36.1 Å². The Morgan fingerprint density at radius 3 is 2.38 bits per heavy atom. The van der Waals surface area contributed by atoms with E-state index in [9.17, 15) is 4.79 Å². The van der Waals surface area contributed by atoms with Gasteiger partial charge in [-0.1, -0.05) is 13.8 Å². The maximum Gasteiger partial charge on any atom is 0.253 e. The van der Waals surface area contributed by atoms with E-state index in [2.05, 4.69) is 24.2 Å².